The third-order valence-corrected chi connectivity index (χ3v) is 6.14. The summed E-state index contributed by atoms with van der Waals surface area (Å²) in [5.74, 6) is -1.28. The molecule has 1 aromatic heterocycles. The monoisotopic (exact) mass is 402 g/mol. The summed E-state index contributed by atoms with van der Waals surface area (Å²) in [6.45, 7) is -0.231. The quantitative estimate of drug-likeness (QED) is 0.706. The number of amides is 2. The molecule has 1 unspecified atom stereocenters. The van der Waals surface area contributed by atoms with Crippen molar-refractivity contribution in [3.05, 3.63) is 69.3 Å². The molecule has 0 spiro atoms. The molecule has 2 amide bonds. The molecule has 2 aromatic carbocycles. The van der Waals surface area contributed by atoms with Gasteiger partial charge in [-0.3, -0.25) is 9.59 Å². The Morgan fingerprint density at radius 1 is 1.26 bits per heavy atom. The molecule has 1 aliphatic rings. The van der Waals surface area contributed by atoms with Gasteiger partial charge in [0.25, 0.3) is 5.91 Å². The zero-order chi connectivity index (χ0) is 19.1. The lowest BCUT2D eigenvalue weighted by Gasteiger charge is -2.28. The van der Waals surface area contributed by atoms with Gasteiger partial charge in [0.1, 0.15) is 12.4 Å². The average molecular weight is 403 g/mol. The fourth-order valence-electron chi connectivity index (χ4n) is 3.66. The molecule has 4 nitrogen and oxygen atoms in total. The van der Waals surface area contributed by atoms with E-state index in [4.69, 9.17) is 17.3 Å². The summed E-state index contributed by atoms with van der Waals surface area (Å²) in [6.07, 6.45) is 1.01. The van der Waals surface area contributed by atoms with E-state index in [-0.39, 0.29) is 23.3 Å². The third-order valence-electron chi connectivity index (χ3n) is 4.82. The highest BCUT2D eigenvalue weighted by Crippen LogP contribution is 2.40. The highest BCUT2D eigenvalue weighted by molar-refractivity contribution is 7.20. The Labute approximate surface area is 164 Å². The van der Waals surface area contributed by atoms with E-state index in [0.717, 1.165) is 10.1 Å². The summed E-state index contributed by atoms with van der Waals surface area (Å²) in [7, 11) is 0. The van der Waals surface area contributed by atoms with Gasteiger partial charge >= 0.3 is 0 Å². The van der Waals surface area contributed by atoms with Gasteiger partial charge in [-0.25, -0.2) is 4.39 Å². The van der Waals surface area contributed by atoms with Gasteiger partial charge in [-0.15, -0.1) is 11.3 Å². The maximum Gasteiger partial charge on any atom is 0.264 e. The van der Waals surface area contributed by atoms with Crippen molar-refractivity contribution >= 4 is 44.8 Å². The van der Waals surface area contributed by atoms with Crippen molar-refractivity contribution in [3.63, 3.8) is 0 Å². The van der Waals surface area contributed by atoms with Crippen molar-refractivity contribution in [1.82, 2.24) is 4.90 Å². The number of benzene rings is 2. The normalized spacial score (nSPS) is 15.7. The van der Waals surface area contributed by atoms with Crippen LogP contribution in [0.1, 0.15) is 33.3 Å². The summed E-state index contributed by atoms with van der Waals surface area (Å²) in [6, 6.07) is 12.0. The van der Waals surface area contributed by atoms with Crippen molar-refractivity contribution in [2.45, 2.75) is 18.9 Å². The van der Waals surface area contributed by atoms with Crippen LogP contribution >= 0.6 is 22.9 Å². The molecule has 3 aromatic rings. The summed E-state index contributed by atoms with van der Waals surface area (Å²) in [5, 5.41) is 1.23. The van der Waals surface area contributed by atoms with Crippen molar-refractivity contribution in [2.75, 3.05) is 6.54 Å². The molecule has 1 aliphatic carbocycles. The van der Waals surface area contributed by atoms with E-state index in [2.05, 4.69) is 0 Å². The first kappa shape index (κ1) is 17.9. The molecule has 0 saturated heterocycles. The number of primary amides is 1. The molecule has 7 heteroatoms. The van der Waals surface area contributed by atoms with Crippen molar-refractivity contribution in [3.8, 4) is 0 Å². The highest BCUT2D eigenvalue weighted by atomic mass is 35.5. The van der Waals surface area contributed by atoms with Gasteiger partial charge < -0.3 is 10.6 Å². The van der Waals surface area contributed by atoms with Crippen LogP contribution in [0.5, 0.6) is 0 Å². The zero-order valence-corrected chi connectivity index (χ0v) is 15.8. The molecule has 0 saturated carbocycles. The number of nitrogens with zero attached hydrogens (tertiary/aromatic N) is 1. The van der Waals surface area contributed by atoms with Gasteiger partial charge in [0, 0.05) is 9.72 Å². The van der Waals surface area contributed by atoms with Crippen LogP contribution in [0.2, 0.25) is 5.02 Å². The lowest BCUT2D eigenvalue weighted by Crippen LogP contribution is -2.40. The van der Waals surface area contributed by atoms with E-state index in [1.165, 1.54) is 22.3 Å². The Hall–Kier alpha value is -2.44. The van der Waals surface area contributed by atoms with Gasteiger partial charge in [-0.05, 0) is 53.6 Å². The van der Waals surface area contributed by atoms with Crippen molar-refractivity contribution < 1.29 is 14.0 Å². The minimum absolute atomic E-state index is 0.231. The second-order valence-corrected chi connectivity index (χ2v) is 8.08. The first-order valence-corrected chi connectivity index (χ1v) is 9.69. The van der Waals surface area contributed by atoms with Crippen LogP contribution in [0.15, 0.2) is 42.5 Å². The lowest BCUT2D eigenvalue weighted by atomic mass is 10.1. The maximum absolute atomic E-state index is 14.2. The molecule has 27 heavy (non-hydrogen) atoms. The van der Waals surface area contributed by atoms with Gasteiger partial charge in [-0.1, -0.05) is 29.8 Å². The van der Waals surface area contributed by atoms with E-state index >= 15 is 0 Å². The van der Waals surface area contributed by atoms with Crippen molar-refractivity contribution in [1.29, 1.82) is 0 Å². The maximum atomic E-state index is 14.2. The third kappa shape index (κ3) is 3.31. The number of rotatable bonds is 4. The van der Waals surface area contributed by atoms with E-state index < -0.39 is 11.9 Å². The van der Waals surface area contributed by atoms with Crippen LogP contribution in [0, 0.1) is 5.82 Å². The number of hydrogen-bond donors (Lipinski definition) is 1. The van der Waals surface area contributed by atoms with Gasteiger partial charge in [0.05, 0.1) is 10.9 Å². The fourth-order valence-corrected chi connectivity index (χ4v) is 4.90. The number of thiophene rings is 1. The fraction of sp³-hybridized carbons (Fsp3) is 0.200. The van der Waals surface area contributed by atoms with Crippen LogP contribution < -0.4 is 5.73 Å². The van der Waals surface area contributed by atoms with E-state index in [1.54, 1.807) is 6.07 Å². The van der Waals surface area contributed by atoms with Crippen LogP contribution in [-0.2, 0) is 11.2 Å². The SMILES string of the molecule is NC(=O)CN(C(=O)c1cc2ccccc2s1)C1CCc2c(F)cc(Cl)cc21. The Balaban J connectivity index is 1.75. The summed E-state index contributed by atoms with van der Waals surface area (Å²) in [5.41, 5.74) is 6.60. The molecule has 2 N–H and O–H groups in total. The predicted octanol–water partition coefficient (Wildman–Crippen LogP) is 4.31. The predicted molar refractivity (Wildman–Crippen MR) is 105 cm³/mol. The smallest absolute Gasteiger partial charge is 0.264 e. The lowest BCUT2D eigenvalue weighted by molar-refractivity contribution is -0.119. The average Bonchev–Trinajstić information content (AvgIpc) is 3.23. The van der Waals surface area contributed by atoms with Gasteiger partial charge in [0.2, 0.25) is 5.91 Å². The molecule has 0 fully saturated rings. The minimum Gasteiger partial charge on any atom is -0.368 e. The first-order valence-electron chi connectivity index (χ1n) is 8.49. The molecule has 0 bridgehead atoms. The summed E-state index contributed by atoms with van der Waals surface area (Å²) >= 11 is 7.39. The van der Waals surface area contributed by atoms with E-state index in [1.807, 2.05) is 30.3 Å². The van der Waals surface area contributed by atoms with Crippen LogP contribution in [0.25, 0.3) is 10.1 Å². The molecular weight excluding hydrogens is 387 g/mol. The number of hydrogen-bond acceptors (Lipinski definition) is 3. The molecular formula is C20H16ClFN2O2S. The number of carbonyl (C=O) groups excluding carboxylic acids is 2. The Morgan fingerprint density at radius 2 is 2.04 bits per heavy atom. The number of nitrogens with two attached hydrogens (primary N) is 1. The van der Waals surface area contributed by atoms with Crippen LogP contribution in [0.4, 0.5) is 4.39 Å². The molecule has 0 radical (unpaired) electrons. The van der Waals surface area contributed by atoms with E-state index in [0.29, 0.717) is 28.8 Å². The minimum atomic E-state index is -0.611. The zero-order valence-electron chi connectivity index (χ0n) is 14.2. The number of carbonyl (C=O) groups is 2. The highest BCUT2D eigenvalue weighted by Gasteiger charge is 2.34. The van der Waals surface area contributed by atoms with Crippen LogP contribution in [0.3, 0.4) is 0 Å². The Kier molecular flexibility index (Phi) is 4.61. The Morgan fingerprint density at radius 3 is 2.78 bits per heavy atom. The molecule has 1 atom stereocenters. The Bertz CT molecular complexity index is 1030. The largest absolute Gasteiger partial charge is 0.368 e. The second kappa shape index (κ2) is 6.94. The topological polar surface area (TPSA) is 63.4 Å². The molecule has 0 aliphatic heterocycles. The molecule has 4 rings (SSSR count). The molecule has 138 valence electrons. The van der Waals surface area contributed by atoms with Gasteiger partial charge in [-0.2, -0.15) is 0 Å². The van der Waals surface area contributed by atoms with Crippen molar-refractivity contribution in [2.24, 2.45) is 5.73 Å². The number of fused-ring (bicyclic) bond motifs is 2. The summed E-state index contributed by atoms with van der Waals surface area (Å²) in [4.78, 5) is 26.8. The van der Waals surface area contributed by atoms with E-state index in [9.17, 15) is 14.0 Å². The van der Waals surface area contributed by atoms with Gasteiger partial charge in [0.15, 0.2) is 0 Å². The molecule has 1 heterocycles. The number of halogens is 2. The summed E-state index contributed by atoms with van der Waals surface area (Å²) < 4.78 is 15.2. The standard InChI is InChI=1S/C20H16ClFN2O2S/c21-12-8-14-13(15(22)9-12)5-6-16(14)24(10-19(23)25)20(26)18-7-11-3-1-2-4-17(11)27-18/h1-4,7-9,16H,5-6,10H2,(H2,23,25). The second-order valence-electron chi connectivity index (χ2n) is 6.56. The van der Waals surface area contributed by atoms with Crippen LogP contribution in [-0.4, -0.2) is 23.3 Å². The first-order chi connectivity index (χ1) is 12.9.